The van der Waals surface area contributed by atoms with Crippen molar-refractivity contribution in [2.45, 2.75) is 44.4 Å². The van der Waals surface area contributed by atoms with Crippen LogP contribution in [-0.2, 0) is 16.0 Å². The lowest BCUT2D eigenvalue weighted by atomic mass is 9.90. The Bertz CT molecular complexity index is 438. The number of anilines is 1. The van der Waals surface area contributed by atoms with Crippen LogP contribution in [0.25, 0.3) is 0 Å². The molecule has 1 saturated carbocycles. The third kappa shape index (κ3) is 3.53. The summed E-state index contributed by atoms with van der Waals surface area (Å²) >= 11 is 0. The lowest BCUT2D eigenvalue weighted by Crippen LogP contribution is -2.53. The maximum absolute atomic E-state index is 5.87. The lowest BCUT2D eigenvalue weighted by Gasteiger charge is -2.42. The van der Waals surface area contributed by atoms with Gasteiger partial charge in [0, 0.05) is 20.2 Å². The van der Waals surface area contributed by atoms with Crippen molar-refractivity contribution in [3.8, 4) is 0 Å². The summed E-state index contributed by atoms with van der Waals surface area (Å²) in [5.74, 6) is 0.625. The molecule has 1 N–H and O–H groups in total. The average Bonchev–Trinajstić information content (AvgIpc) is 3.00. The topological polar surface area (TPSA) is 72.7 Å². The van der Waals surface area contributed by atoms with Crippen LogP contribution in [0.5, 0.6) is 0 Å². The van der Waals surface area contributed by atoms with Gasteiger partial charge >= 0.3 is 6.01 Å². The standard InChI is InChI=1S/C14H24N4O3/c1-19-8-6-15-10-13-16-17-14(21-13)18-7-9-20-12-5-3-2-4-11(12)18/h11-12,15H,2-10H2,1H3. The first-order valence-corrected chi connectivity index (χ1v) is 7.79. The van der Waals surface area contributed by atoms with Gasteiger partial charge in [-0.2, -0.15) is 0 Å². The molecule has 118 valence electrons. The molecule has 2 aliphatic rings. The van der Waals surface area contributed by atoms with Crippen LogP contribution >= 0.6 is 0 Å². The van der Waals surface area contributed by atoms with Gasteiger partial charge in [0.05, 0.1) is 31.9 Å². The van der Waals surface area contributed by atoms with Gasteiger partial charge in [-0.1, -0.05) is 17.9 Å². The van der Waals surface area contributed by atoms with Crippen LogP contribution in [0.3, 0.4) is 0 Å². The second-order valence-corrected chi connectivity index (χ2v) is 5.60. The molecule has 0 bridgehead atoms. The van der Waals surface area contributed by atoms with Gasteiger partial charge in [0.1, 0.15) is 0 Å². The van der Waals surface area contributed by atoms with Gasteiger partial charge in [-0.3, -0.25) is 0 Å². The molecule has 3 rings (SSSR count). The SMILES string of the molecule is COCCNCc1nnc(N2CCOC3CCCCC32)o1. The molecule has 1 aliphatic carbocycles. The Labute approximate surface area is 125 Å². The van der Waals surface area contributed by atoms with Crippen molar-refractivity contribution >= 4 is 6.01 Å². The Kier molecular flexibility index (Phi) is 5.05. The molecule has 7 nitrogen and oxygen atoms in total. The Morgan fingerprint density at radius 1 is 1.33 bits per heavy atom. The largest absolute Gasteiger partial charge is 0.407 e. The maximum Gasteiger partial charge on any atom is 0.318 e. The van der Waals surface area contributed by atoms with E-state index in [0.717, 1.165) is 32.5 Å². The van der Waals surface area contributed by atoms with Crippen molar-refractivity contribution in [1.82, 2.24) is 15.5 Å². The number of aromatic nitrogens is 2. The Balaban J connectivity index is 1.59. The molecule has 2 heterocycles. The molecule has 7 heteroatoms. The molecule has 1 saturated heterocycles. The van der Waals surface area contributed by atoms with Crippen LogP contribution in [0.1, 0.15) is 31.6 Å². The molecule has 21 heavy (non-hydrogen) atoms. The third-order valence-corrected chi connectivity index (χ3v) is 4.19. The van der Waals surface area contributed by atoms with E-state index in [9.17, 15) is 0 Å². The number of hydrogen-bond acceptors (Lipinski definition) is 7. The van der Waals surface area contributed by atoms with Crippen LogP contribution in [-0.4, -0.2) is 55.8 Å². The van der Waals surface area contributed by atoms with E-state index < -0.39 is 0 Å². The highest BCUT2D eigenvalue weighted by Gasteiger charge is 2.36. The number of hydrogen-bond donors (Lipinski definition) is 1. The van der Waals surface area contributed by atoms with Crippen LogP contribution in [0.2, 0.25) is 0 Å². The zero-order valence-electron chi connectivity index (χ0n) is 12.6. The number of fused-ring (bicyclic) bond motifs is 1. The highest BCUT2D eigenvalue weighted by atomic mass is 16.5. The van der Waals surface area contributed by atoms with Gasteiger partial charge in [-0.25, -0.2) is 0 Å². The molecule has 1 aliphatic heterocycles. The van der Waals surface area contributed by atoms with Crippen LogP contribution in [0.15, 0.2) is 4.42 Å². The number of ether oxygens (including phenoxy) is 2. The smallest absolute Gasteiger partial charge is 0.318 e. The zero-order valence-corrected chi connectivity index (χ0v) is 12.6. The van der Waals surface area contributed by atoms with Crippen LogP contribution in [0.4, 0.5) is 6.01 Å². The summed E-state index contributed by atoms with van der Waals surface area (Å²) in [6, 6.07) is 1.03. The summed E-state index contributed by atoms with van der Waals surface area (Å²) in [5.41, 5.74) is 0. The molecule has 2 unspecified atom stereocenters. The first kappa shape index (κ1) is 14.7. The van der Waals surface area contributed by atoms with Crippen molar-refractivity contribution < 1.29 is 13.9 Å². The number of nitrogens with one attached hydrogen (secondary N) is 1. The molecule has 2 atom stereocenters. The van der Waals surface area contributed by atoms with E-state index in [-0.39, 0.29) is 0 Å². The summed E-state index contributed by atoms with van der Waals surface area (Å²) in [7, 11) is 1.69. The predicted molar refractivity (Wildman–Crippen MR) is 77.2 cm³/mol. The maximum atomic E-state index is 5.87. The second kappa shape index (κ2) is 7.20. The van der Waals surface area contributed by atoms with Gasteiger partial charge in [-0.15, -0.1) is 5.10 Å². The predicted octanol–water partition coefficient (Wildman–Crippen LogP) is 0.953. The summed E-state index contributed by atoms with van der Waals surface area (Å²) < 4.78 is 16.7. The van der Waals surface area contributed by atoms with E-state index in [1.807, 2.05) is 0 Å². The minimum atomic E-state index is 0.322. The molecule has 2 fully saturated rings. The molecular formula is C14H24N4O3. The van der Waals surface area contributed by atoms with Crippen molar-refractivity contribution in [3.05, 3.63) is 5.89 Å². The number of methoxy groups -OCH3 is 1. The third-order valence-electron chi connectivity index (χ3n) is 4.19. The van der Waals surface area contributed by atoms with E-state index >= 15 is 0 Å². The van der Waals surface area contributed by atoms with Gasteiger partial charge in [-0.05, 0) is 12.8 Å². The quantitative estimate of drug-likeness (QED) is 0.784. The summed E-state index contributed by atoms with van der Waals surface area (Å²) in [6.45, 7) is 3.60. The Morgan fingerprint density at radius 3 is 3.14 bits per heavy atom. The summed E-state index contributed by atoms with van der Waals surface area (Å²) in [4.78, 5) is 2.24. The second-order valence-electron chi connectivity index (χ2n) is 5.60. The molecule has 0 radical (unpaired) electrons. The van der Waals surface area contributed by atoms with Crippen molar-refractivity contribution in [2.75, 3.05) is 38.3 Å². The molecule has 1 aromatic heterocycles. The van der Waals surface area contributed by atoms with E-state index in [4.69, 9.17) is 13.9 Å². The van der Waals surface area contributed by atoms with Gasteiger partial charge in [0.15, 0.2) is 0 Å². The van der Waals surface area contributed by atoms with E-state index in [0.29, 0.717) is 37.2 Å². The van der Waals surface area contributed by atoms with Crippen LogP contribution < -0.4 is 10.2 Å². The molecular weight excluding hydrogens is 272 g/mol. The fourth-order valence-electron chi connectivity index (χ4n) is 3.14. The summed E-state index contributed by atoms with van der Waals surface area (Å²) in [6.07, 6.45) is 5.12. The first-order chi connectivity index (χ1) is 10.4. The van der Waals surface area contributed by atoms with Gasteiger partial charge < -0.3 is 24.1 Å². The highest BCUT2D eigenvalue weighted by molar-refractivity contribution is 5.29. The normalized spacial score (nSPS) is 25.9. The highest BCUT2D eigenvalue weighted by Crippen LogP contribution is 2.31. The summed E-state index contributed by atoms with van der Waals surface area (Å²) in [5, 5.41) is 11.5. The minimum Gasteiger partial charge on any atom is -0.407 e. The molecule has 0 amide bonds. The van der Waals surface area contributed by atoms with E-state index in [2.05, 4.69) is 20.4 Å². The lowest BCUT2D eigenvalue weighted by molar-refractivity contribution is -0.0106. The zero-order chi connectivity index (χ0) is 14.5. The van der Waals surface area contributed by atoms with Crippen molar-refractivity contribution in [1.29, 1.82) is 0 Å². The fourth-order valence-corrected chi connectivity index (χ4v) is 3.14. The Hall–Kier alpha value is -1.18. The number of rotatable bonds is 6. The fraction of sp³-hybridized carbons (Fsp3) is 0.857. The minimum absolute atomic E-state index is 0.322. The van der Waals surface area contributed by atoms with Gasteiger partial charge in [0.25, 0.3) is 0 Å². The first-order valence-electron chi connectivity index (χ1n) is 7.79. The van der Waals surface area contributed by atoms with Crippen LogP contribution in [0, 0.1) is 0 Å². The Morgan fingerprint density at radius 2 is 2.24 bits per heavy atom. The van der Waals surface area contributed by atoms with E-state index in [1.165, 1.54) is 12.8 Å². The molecule has 0 spiro atoms. The molecule has 0 aromatic carbocycles. The van der Waals surface area contributed by atoms with Crippen molar-refractivity contribution in [3.63, 3.8) is 0 Å². The van der Waals surface area contributed by atoms with Gasteiger partial charge in [0.2, 0.25) is 5.89 Å². The monoisotopic (exact) mass is 296 g/mol. The average molecular weight is 296 g/mol. The van der Waals surface area contributed by atoms with E-state index in [1.54, 1.807) is 7.11 Å². The molecule has 1 aromatic rings. The number of nitrogens with zero attached hydrogens (tertiary/aromatic N) is 3. The number of morpholine rings is 1. The van der Waals surface area contributed by atoms with Crippen molar-refractivity contribution in [2.24, 2.45) is 0 Å².